The summed E-state index contributed by atoms with van der Waals surface area (Å²) in [5.41, 5.74) is 9.33. The number of rotatable bonds is 10. The van der Waals surface area contributed by atoms with Crippen molar-refractivity contribution in [1.82, 2.24) is 4.90 Å². The monoisotopic (exact) mass is 509 g/mol. The van der Waals surface area contributed by atoms with Crippen molar-refractivity contribution >= 4 is 5.69 Å². The van der Waals surface area contributed by atoms with Gasteiger partial charge in [-0.15, -0.1) is 0 Å². The number of nitro benzene ring substituents is 1. The molecule has 0 radical (unpaired) electrons. The van der Waals surface area contributed by atoms with Gasteiger partial charge in [-0.3, -0.25) is 15.0 Å². The second-order valence-electron chi connectivity index (χ2n) is 11.2. The summed E-state index contributed by atoms with van der Waals surface area (Å²) in [6.07, 6.45) is 11.0. The molecular formula is C30H43N3O4. The highest BCUT2D eigenvalue weighted by molar-refractivity contribution is 5.54. The lowest BCUT2D eigenvalue weighted by Gasteiger charge is -2.38. The normalized spacial score (nSPS) is 24.1. The fourth-order valence-corrected chi connectivity index (χ4v) is 6.43. The van der Waals surface area contributed by atoms with E-state index in [-0.39, 0.29) is 10.6 Å². The lowest BCUT2D eigenvalue weighted by molar-refractivity contribution is -0.385. The van der Waals surface area contributed by atoms with E-state index in [0.29, 0.717) is 35.7 Å². The molecule has 2 aliphatic rings. The first-order valence-corrected chi connectivity index (χ1v) is 13.8. The molecule has 7 nitrogen and oxygen atoms in total. The number of hydrogen-bond donors (Lipinski definition) is 1. The molecule has 0 heterocycles. The van der Waals surface area contributed by atoms with Crippen molar-refractivity contribution in [1.29, 1.82) is 0 Å². The first-order chi connectivity index (χ1) is 17.9. The van der Waals surface area contributed by atoms with Gasteiger partial charge in [-0.1, -0.05) is 29.8 Å². The van der Waals surface area contributed by atoms with Crippen LogP contribution in [0.5, 0.6) is 11.5 Å². The van der Waals surface area contributed by atoms with Gasteiger partial charge >= 0.3 is 0 Å². The first kappa shape index (κ1) is 27.4. The van der Waals surface area contributed by atoms with Crippen molar-refractivity contribution in [3.8, 4) is 11.5 Å². The quantitative estimate of drug-likeness (QED) is 0.295. The van der Waals surface area contributed by atoms with Crippen molar-refractivity contribution in [2.45, 2.75) is 89.9 Å². The summed E-state index contributed by atoms with van der Waals surface area (Å²) >= 11 is 0. The standard InChI is InChI=1S/C30H43N3O4/c1-21-5-4-6-24(15-21)19-32(20-25-17-29(36-2)30(37-3)18-28(25)33(34)35)27-13-9-23(10-14-27)16-22-7-11-26(31)12-8-22/h4-6,15,17-18,22-23,26-27H,7-14,16,19-20,31H2,1-3H3. The Balaban J connectivity index is 1.51. The highest BCUT2D eigenvalue weighted by atomic mass is 16.6. The molecule has 0 atom stereocenters. The largest absolute Gasteiger partial charge is 0.493 e. The van der Waals surface area contributed by atoms with E-state index in [1.807, 2.05) is 0 Å². The van der Waals surface area contributed by atoms with Gasteiger partial charge < -0.3 is 15.2 Å². The Morgan fingerprint density at radius 2 is 1.54 bits per heavy atom. The van der Waals surface area contributed by atoms with Gasteiger partial charge in [0.05, 0.1) is 25.2 Å². The molecule has 4 rings (SSSR count). The number of nitrogens with two attached hydrogens (primary N) is 1. The van der Waals surface area contributed by atoms with Crippen molar-refractivity contribution < 1.29 is 14.4 Å². The maximum atomic E-state index is 12.0. The van der Waals surface area contributed by atoms with Gasteiger partial charge in [0.1, 0.15) is 0 Å². The van der Waals surface area contributed by atoms with E-state index in [2.05, 4.69) is 36.1 Å². The lowest BCUT2D eigenvalue weighted by atomic mass is 9.75. The predicted octanol–water partition coefficient (Wildman–Crippen LogP) is 6.39. The number of benzene rings is 2. The number of hydrogen-bond acceptors (Lipinski definition) is 6. The van der Waals surface area contributed by atoms with Crippen LogP contribution in [0.3, 0.4) is 0 Å². The highest BCUT2D eigenvalue weighted by Gasteiger charge is 2.30. The van der Waals surface area contributed by atoms with Gasteiger partial charge in [0, 0.05) is 30.7 Å². The Bertz CT molecular complexity index is 1040. The Labute approximate surface area is 221 Å². The van der Waals surface area contributed by atoms with Crippen LogP contribution in [0.15, 0.2) is 36.4 Å². The lowest BCUT2D eigenvalue weighted by Crippen LogP contribution is -2.38. The summed E-state index contributed by atoms with van der Waals surface area (Å²) in [6.45, 7) is 3.37. The van der Waals surface area contributed by atoms with Crippen LogP contribution in [0.2, 0.25) is 0 Å². The highest BCUT2D eigenvalue weighted by Crippen LogP contribution is 2.39. The zero-order valence-electron chi connectivity index (χ0n) is 22.7. The predicted molar refractivity (Wildman–Crippen MR) is 147 cm³/mol. The molecule has 7 heteroatoms. The molecule has 2 aromatic carbocycles. The van der Waals surface area contributed by atoms with E-state index in [4.69, 9.17) is 15.2 Å². The molecule has 2 aromatic rings. The van der Waals surface area contributed by atoms with Crippen LogP contribution in [-0.4, -0.2) is 36.1 Å². The number of methoxy groups -OCH3 is 2. The van der Waals surface area contributed by atoms with Crippen LogP contribution in [-0.2, 0) is 13.1 Å². The molecule has 0 bridgehead atoms. The molecule has 2 saturated carbocycles. The molecule has 2 aliphatic carbocycles. The van der Waals surface area contributed by atoms with E-state index >= 15 is 0 Å². The molecule has 37 heavy (non-hydrogen) atoms. The molecular weight excluding hydrogens is 466 g/mol. The number of nitro groups is 1. The van der Waals surface area contributed by atoms with E-state index in [0.717, 1.165) is 31.2 Å². The summed E-state index contributed by atoms with van der Waals surface area (Å²) in [5.74, 6) is 2.52. The van der Waals surface area contributed by atoms with Crippen molar-refractivity contribution in [2.75, 3.05) is 14.2 Å². The topological polar surface area (TPSA) is 90.9 Å². The zero-order chi connectivity index (χ0) is 26.4. The van der Waals surface area contributed by atoms with Crippen LogP contribution in [0, 0.1) is 28.9 Å². The van der Waals surface area contributed by atoms with Crippen LogP contribution in [0.4, 0.5) is 5.69 Å². The van der Waals surface area contributed by atoms with Crippen LogP contribution < -0.4 is 15.2 Å². The third-order valence-corrected chi connectivity index (χ3v) is 8.51. The second-order valence-corrected chi connectivity index (χ2v) is 11.2. The van der Waals surface area contributed by atoms with Gasteiger partial charge in [0.15, 0.2) is 11.5 Å². The van der Waals surface area contributed by atoms with E-state index < -0.39 is 0 Å². The Morgan fingerprint density at radius 1 is 0.919 bits per heavy atom. The maximum Gasteiger partial charge on any atom is 0.277 e. The van der Waals surface area contributed by atoms with Crippen LogP contribution in [0.1, 0.15) is 74.5 Å². The minimum Gasteiger partial charge on any atom is -0.493 e. The third-order valence-electron chi connectivity index (χ3n) is 8.51. The minimum absolute atomic E-state index is 0.0797. The van der Waals surface area contributed by atoms with Gasteiger partial charge in [-0.05, 0) is 88.2 Å². The Morgan fingerprint density at radius 3 is 2.14 bits per heavy atom. The zero-order valence-corrected chi connectivity index (χ0v) is 22.7. The maximum absolute atomic E-state index is 12.0. The minimum atomic E-state index is -0.310. The molecule has 0 saturated heterocycles. The SMILES string of the molecule is COc1cc(CN(Cc2cccc(C)c2)C2CCC(CC3CCC(N)CC3)CC2)c([N+](=O)[O-])cc1OC. The number of nitrogens with zero attached hydrogens (tertiary/aromatic N) is 2. The van der Waals surface area contributed by atoms with E-state index in [1.165, 1.54) is 69.2 Å². The molecule has 2 N–H and O–H groups in total. The van der Waals surface area contributed by atoms with Gasteiger partial charge in [-0.25, -0.2) is 0 Å². The molecule has 2 fully saturated rings. The average Bonchev–Trinajstić information content (AvgIpc) is 2.89. The summed E-state index contributed by atoms with van der Waals surface area (Å²) in [7, 11) is 3.07. The number of aryl methyl sites for hydroxylation is 1. The first-order valence-electron chi connectivity index (χ1n) is 13.8. The van der Waals surface area contributed by atoms with Gasteiger partial charge in [0.25, 0.3) is 5.69 Å². The fourth-order valence-electron chi connectivity index (χ4n) is 6.43. The van der Waals surface area contributed by atoms with Crippen molar-refractivity contribution in [3.63, 3.8) is 0 Å². The fraction of sp³-hybridized carbons (Fsp3) is 0.600. The van der Waals surface area contributed by atoms with Crippen LogP contribution in [0.25, 0.3) is 0 Å². The van der Waals surface area contributed by atoms with Gasteiger partial charge in [0.2, 0.25) is 0 Å². The summed E-state index contributed by atoms with van der Waals surface area (Å²) in [5, 5.41) is 12.0. The molecule has 202 valence electrons. The van der Waals surface area contributed by atoms with E-state index in [9.17, 15) is 10.1 Å². The third kappa shape index (κ3) is 7.23. The molecule has 0 aliphatic heterocycles. The molecule has 0 unspecified atom stereocenters. The summed E-state index contributed by atoms with van der Waals surface area (Å²) in [4.78, 5) is 14.1. The van der Waals surface area contributed by atoms with Gasteiger partial charge in [-0.2, -0.15) is 0 Å². The smallest absolute Gasteiger partial charge is 0.277 e. The second kappa shape index (κ2) is 12.7. The molecule has 0 aromatic heterocycles. The van der Waals surface area contributed by atoms with Crippen molar-refractivity contribution in [3.05, 3.63) is 63.2 Å². The Kier molecular flexibility index (Phi) is 9.43. The molecule has 0 spiro atoms. The Hall–Kier alpha value is -2.64. The average molecular weight is 510 g/mol. The van der Waals surface area contributed by atoms with Crippen molar-refractivity contribution in [2.24, 2.45) is 17.6 Å². The van der Waals surface area contributed by atoms with Crippen LogP contribution >= 0.6 is 0 Å². The summed E-state index contributed by atoms with van der Waals surface area (Å²) in [6, 6.07) is 12.6. The van der Waals surface area contributed by atoms with E-state index in [1.54, 1.807) is 13.2 Å². The number of ether oxygens (including phenoxy) is 2. The summed E-state index contributed by atoms with van der Waals surface area (Å²) < 4.78 is 10.8. The molecule has 0 amide bonds.